The third-order valence-corrected chi connectivity index (χ3v) is 3.99. The molecule has 21 heavy (non-hydrogen) atoms. The van der Waals surface area contributed by atoms with E-state index in [0.29, 0.717) is 12.3 Å². The van der Waals surface area contributed by atoms with E-state index in [4.69, 9.17) is 0 Å². The van der Waals surface area contributed by atoms with E-state index in [2.05, 4.69) is 19.2 Å². The molecule has 0 aromatic heterocycles. The van der Waals surface area contributed by atoms with Crippen LogP contribution in [0.3, 0.4) is 0 Å². The second-order valence-electron chi connectivity index (χ2n) is 5.74. The van der Waals surface area contributed by atoms with Crippen molar-refractivity contribution in [1.29, 1.82) is 0 Å². The van der Waals surface area contributed by atoms with Gasteiger partial charge in [0.1, 0.15) is 0 Å². The van der Waals surface area contributed by atoms with Crippen LogP contribution in [0.4, 0.5) is 13.2 Å². The summed E-state index contributed by atoms with van der Waals surface area (Å²) < 4.78 is 36.8. The summed E-state index contributed by atoms with van der Waals surface area (Å²) in [5.41, 5.74) is -1.86. The van der Waals surface area contributed by atoms with Gasteiger partial charge in [0.25, 0.3) is 0 Å². The Morgan fingerprint density at radius 3 is 2.24 bits per heavy atom. The summed E-state index contributed by atoms with van der Waals surface area (Å²) in [5, 5.41) is 3.36. The van der Waals surface area contributed by atoms with Crippen LogP contribution in [0.2, 0.25) is 0 Å². The van der Waals surface area contributed by atoms with Crippen molar-refractivity contribution in [3.05, 3.63) is 35.4 Å². The molecule has 1 unspecified atom stereocenters. The van der Waals surface area contributed by atoms with Crippen molar-refractivity contribution < 1.29 is 13.2 Å². The minimum absolute atomic E-state index is 0.0717. The zero-order valence-corrected chi connectivity index (χ0v) is 13.7. The van der Waals surface area contributed by atoms with Crippen molar-refractivity contribution in [2.45, 2.75) is 38.6 Å². The van der Waals surface area contributed by atoms with Crippen molar-refractivity contribution in [1.82, 2.24) is 5.32 Å². The highest BCUT2D eigenvalue weighted by molar-refractivity contribution is 8.00. The Morgan fingerprint density at radius 2 is 1.71 bits per heavy atom. The maximum Gasteiger partial charge on any atom is 0.441 e. The first-order valence-electron chi connectivity index (χ1n) is 7.26. The third-order valence-electron chi connectivity index (χ3n) is 3.22. The molecule has 0 saturated carbocycles. The molecule has 1 N–H and O–H groups in total. The fourth-order valence-corrected chi connectivity index (χ4v) is 2.72. The van der Waals surface area contributed by atoms with E-state index in [0.717, 1.165) is 24.2 Å². The van der Waals surface area contributed by atoms with Crippen molar-refractivity contribution >= 4 is 11.8 Å². The smallest absolute Gasteiger partial charge is 0.316 e. The minimum atomic E-state index is -4.14. The second kappa shape index (κ2) is 8.69. The number of alkyl halides is 3. The van der Waals surface area contributed by atoms with Gasteiger partial charge < -0.3 is 5.32 Å². The minimum Gasteiger partial charge on any atom is -0.316 e. The van der Waals surface area contributed by atoms with Gasteiger partial charge in [-0.3, -0.25) is 0 Å². The number of aryl methyl sites for hydroxylation is 1. The average Bonchev–Trinajstić information content (AvgIpc) is 2.36. The van der Waals surface area contributed by atoms with E-state index in [1.54, 1.807) is 0 Å². The number of rotatable bonds is 8. The van der Waals surface area contributed by atoms with Crippen molar-refractivity contribution in [2.75, 3.05) is 18.8 Å². The van der Waals surface area contributed by atoms with Crippen LogP contribution in [-0.2, 0) is 0 Å². The SMILES string of the molecule is Cc1ccc(C(CCSC(F)(F)F)CNCC(C)C)cc1. The molecule has 1 nitrogen and oxygen atoms in total. The first-order chi connectivity index (χ1) is 9.78. The monoisotopic (exact) mass is 319 g/mol. The predicted molar refractivity (Wildman–Crippen MR) is 84.8 cm³/mol. The number of thioether (sulfide) groups is 1. The molecular formula is C16H24F3NS. The first kappa shape index (κ1) is 18.4. The summed E-state index contributed by atoms with van der Waals surface area (Å²) in [6.07, 6.45) is 0.526. The van der Waals surface area contributed by atoms with E-state index in [1.165, 1.54) is 0 Å². The summed E-state index contributed by atoms with van der Waals surface area (Å²) in [5.74, 6) is 0.762. The molecule has 0 aliphatic rings. The van der Waals surface area contributed by atoms with E-state index in [-0.39, 0.29) is 23.4 Å². The molecule has 0 aliphatic carbocycles. The Morgan fingerprint density at radius 1 is 1.10 bits per heavy atom. The van der Waals surface area contributed by atoms with Crippen LogP contribution in [0.25, 0.3) is 0 Å². The van der Waals surface area contributed by atoms with Gasteiger partial charge in [-0.15, -0.1) is 0 Å². The third kappa shape index (κ3) is 8.37. The molecule has 0 heterocycles. The predicted octanol–water partition coefficient (Wildman–Crippen LogP) is 4.97. The molecule has 0 bridgehead atoms. The van der Waals surface area contributed by atoms with Crippen LogP contribution in [0.15, 0.2) is 24.3 Å². The van der Waals surface area contributed by atoms with E-state index in [1.807, 2.05) is 31.2 Å². The number of halogens is 3. The molecular weight excluding hydrogens is 295 g/mol. The molecule has 0 spiro atoms. The Kier molecular flexibility index (Phi) is 7.60. The van der Waals surface area contributed by atoms with Crippen LogP contribution >= 0.6 is 11.8 Å². The maximum atomic E-state index is 12.3. The van der Waals surface area contributed by atoms with Crippen LogP contribution < -0.4 is 5.32 Å². The standard InChI is InChI=1S/C16H24F3NS/c1-12(2)10-20-11-15(8-9-21-16(17,18)19)14-6-4-13(3)5-7-14/h4-7,12,15,20H,8-11H2,1-3H3. The summed E-state index contributed by atoms with van der Waals surface area (Å²) in [6, 6.07) is 8.08. The molecule has 0 amide bonds. The highest BCUT2D eigenvalue weighted by Crippen LogP contribution is 2.32. The van der Waals surface area contributed by atoms with Gasteiger partial charge in [-0.05, 0) is 37.3 Å². The lowest BCUT2D eigenvalue weighted by atomic mass is 9.95. The van der Waals surface area contributed by atoms with Crippen LogP contribution in [-0.4, -0.2) is 24.4 Å². The van der Waals surface area contributed by atoms with Crippen LogP contribution in [0, 0.1) is 12.8 Å². The molecule has 0 fully saturated rings. The average molecular weight is 319 g/mol. The summed E-state index contributed by atoms with van der Waals surface area (Å²) >= 11 is 0.0717. The summed E-state index contributed by atoms with van der Waals surface area (Å²) in [6.45, 7) is 7.85. The molecule has 1 aromatic carbocycles. The first-order valence-corrected chi connectivity index (χ1v) is 8.24. The van der Waals surface area contributed by atoms with E-state index in [9.17, 15) is 13.2 Å². The van der Waals surface area contributed by atoms with Crippen molar-refractivity contribution in [3.8, 4) is 0 Å². The lowest BCUT2D eigenvalue weighted by Crippen LogP contribution is -2.26. The van der Waals surface area contributed by atoms with Crippen molar-refractivity contribution in [3.63, 3.8) is 0 Å². The molecule has 120 valence electrons. The highest BCUT2D eigenvalue weighted by Gasteiger charge is 2.28. The van der Waals surface area contributed by atoms with E-state index < -0.39 is 5.51 Å². The van der Waals surface area contributed by atoms with E-state index >= 15 is 0 Å². The Labute approximate surface area is 129 Å². The van der Waals surface area contributed by atoms with Gasteiger partial charge in [-0.2, -0.15) is 13.2 Å². The van der Waals surface area contributed by atoms with Gasteiger partial charge in [0.05, 0.1) is 0 Å². The molecule has 0 aliphatic heterocycles. The summed E-state index contributed by atoms with van der Waals surface area (Å²) in [7, 11) is 0. The molecule has 1 atom stereocenters. The van der Waals surface area contributed by atoms with Gasteiger partial charge in [0, 0.05) is 12.3 Å². The fourth-order valence-electron chi connectivity index (χ4n) is 2.09. The van der Waals surface area contributed by atoms with Gasteiger partial charge >= 0.3 is 5.51 Å². The lowest BCUT2D eigenvalue weighted by molar-refractivity contribution is -0.0328. The number of hydrogen-bond acceptors (Lipinski definition) is 2. The molecule has 1 aromatic rings. The normalized spacial score (nSPS) is 13.7. The number of nitrogens with one attached hydrogen (secondary N) is 1. The van der Waals surface area contributed by atoms with Crippen LogP contribution in [0.1, 0.15) is 37.3 Å². The largest absolute Gasteiger partial charge is 0.441 e. The summed E-state index contributed by atoms with van der Waals surface area (Å²) in [4.78, 5) is 0. The lowest BCUT2D eigenvalue weighted by Gasteiger charge is -2.19. The van der Waals surface area contributed by atoms with Gasteiger partial charge in [0.15, 0.2) is 0 Å². The quantitative estimate of drug-likeness (QED) is 0.726. The maximum absolute atomic E-state index is 12.3. The Balaban J connectivity index is 2.59. The van der Waals surface area contributed by atoms with Crippen molar-refractivity contribution in [2.24, 2.45) is 5.92 Å². The van der Waals surface area contributed by atoms with Gasteiger partial charge in [-0.25, -0.2) is 0 Å². The fraction of sp³-hybridized carbons (Fsp3) is 0.625. The Hall–Kier alpha value is -0.680. The molecule has 1 rings (SSSR count). The number of hydrogen-bond donors (Lipinski definition) is 1. The molecule has 5 heteroatoms. The second-order valence-corrected chi connectivity index (χ2v) is 6.90. The molecule has 0 radical (unpaired) electrons. The highest BCUT2D eigenvalue weighted by atomic mass is 32.2. The molecule has 0 saturated heterocycles. The zero-order chi connectivity index (χ0) is 15.9. The zero-order valence-electron chi connectivity index (χ0n) is 12.8. The number of benzene rings is 1. The Bertz CT molecular complexity index is 401. The van der Waals surface area contributed by atoms with Gasteiger partial charge in [0.2, 0.25) is 0 Å². The van der Waals surface area contributed by atoms with Crippen LogP contribution in [0.5, 0.6) is 0 Å². The topological polar surface area (TPSA) is 12.0 Å². The van der Waals surface area contributed by atoms with Gasteiger partial charge in [-0.1, -0.05) is 55.4 Å².